The molecule has 3 aromatic rings. The van der Waals surface area contributed by atoms with Crippen LogP contribution in [-0.2, 0) is 44.7 Å². The van der Waals surface area contributed by atoms with Crippen molar-refractivity contribution in [2.45, 2.75) is 167 Å². The lowest BCUT2D eigenvalue weighted by Gasteiger charge is -2.37. The molecule has 0 amide bonds. The first-order chi connectivity index (χ1) is 32.3. The Morgan fingerprint density at radius 1 is 0.364 bits per heavy atom. The van der Waals surface area contributed by atoms with Gasteiger partial charge in [-0.25, -0.2) is 0 Å². The molecule has 0 spiro atoms. The molecule has 10 nitrogen and oxygen atoms in total. The summed E-state index contributed by atoms with van der Waals surface area (Å²) in [5, 5.41) is 28.8. The fourth-order valence-corrected chi connectivity index (χ4v) is 12.6. The second kappa shape index (κ2) is 22.8. The zero-order valence-corrected chi connectivity index (χ0v) is 40.9. The van der Waals surface area contributed by atoms with Crippen LogP contribution in [0.5, 0.6) is 11.5 Å². The highest BCUT2D eigenvalue weighted by atomic mass is 16.3. The molecule has 6 fully saturated rings. The quantitative estimate of drug-likeness (QED) is 0.108. The summed E-state index contributed by atoms with van der Waals surface area (Å²) >= 11 is 0. The highest BCUT2D eigenvalue weighted by Gasteiger charge is 2.37. The van der Waals surface area contributed by atoms with Gasteiger partial charge in [0.25, 0.3) is 0 Å². The molecule has 0 aliphatic carbocycles. The summed E-state index contributed by atoms with van der Waals surface area (Å²) in [5.74, 6) is 0.910. The van der Waals surface area contributed by atoms with Crippen LogP contribution in [0.2, 0.25) is 0 Å². The average molecular weight is 902 g/mol. The van der Waals surface area contributed by atoms with Crippen LogP contribution in [0.3, 0.4) is 0 Å². The van der Waals surface area contributed by atoms with Crippen LogP contribution in [0.4, 0.5) is 5.69 Å². The summed E-state index contributed by atoms with van der Waals surface area (Å²) in [6.45, 7) is 19.4. The number of aromatic hydroxyl groups is 2. The Bertz CT molecular complexity index is 1840. The highest BCUT2D eigenvalue weighted by Crippen LogP contribution is 2.47. The molecular formula is C56H83N7O3. The van der Waals surface area contributed by atoms with Crippen molar-refractivity contribution < 1.29 is 10.2 Å². The number of rotatable bonds is 16. The number of hydrogen-bond donors (Lipinski definition) is 2. The number of piperidine rings is 6. The minimum atomic E-state index is -0.698. The highest BCUT2D eigenvalue weighted by molar-refractivity contribution is 5.63. The molecule has 3 aromatic carbocycles. The van der Waals surface area contributed by atoms with Gasteiger partial charge in [-0.05, 0) is 220 Å². The standard InChI is InChI=1S/C56H83N7O3/c1-56(51-34-46(40-60-24-12-4-13-25-60)54(64)47(35-51)41-61-26-14-5-15-27-61,52-36-48(42-62-28-16-6-17-29-62)55(65)49(37-52)43-63-30-18-7-19-31-63)50-32-44(38-58-20-8-2-9-21-58)53(57-66)45(33-50)39-59-22-10-3-11-23-59/h32-37,64-65H,2-31,38-43H2,1H3. The van der Waals surface area contributed by atoms with E-state index in [1.165, 1.54) is 132 Å². The van der Waals surface area contributed by atoms with Gasteiger partial charge in [-0.3, -0.25) is 29.4 Å². The topological polar surface area (TPSA) is 89.3 Å². The van der Waals surface area contributed by atoms with E-state index in [9.17, 15) is 15.1 Å². The van der Waals surface area contributed by atoms with Crippen LogP contribution in [0.1, 0.15) is 173 Å². The van der Waals surface area contributed by atoms with E-state index in [4.69, 9.17) is 0 Å². The SMILES string of the molecule is CC(c1cc(CN2CCCCC2)c(O)c(CN2CCCCC2)c1)(c1cc(CN2CCCCC2)c(O)c(CN2CCCCC2)c1)c1cc(CN2CCCCC2)c(N=O)c(CN2CCCCC2)c1. The molecule has 2 N–H and O–H groups in total. The van der Waals surface area contributed by atoms with Crippen LogP contribution < -0.4 is 0 Å². The Labute approximate surface area is 397 Å². The van der Waals surface area contributed by atoms with Crippen molar-refractivity contribution in [2.75, 3.05) is 78.5 Å². The van der Waals surface area contributed by atoms with Crippen LogP contribution in [-0.4, -0.2) is 118 Å². The van der Waals surface area contributed by atoms with E-state index in [0.717, 1.165) is 138 Å². The van der Waals surface area contributed by atoms with Crippen LogP contribution >= 0.6 is 0 Å². The minimum absolute atomic E-state index is 0.455. The molecule has 6 saturated heterocycles. The van der Waals surface area contributed by atoms with Crippen LogP contribution in [0.25, 0.3) is 0 Å². The lowest BCUT2D eigenvalue weighted by atomic mass is 9.68. The summed E-state index contributed by atoms with van der Waals surface area (Å²) in [4.78, 5) is 28.6. The lowest BCUT2D eigenvalue weighted by molar-refractivity contribution is 0.212. The number of likely N-dealkylation sites (tertiary alicyclic amines) is 6. The number of phenolic OH excluding ortho intramolecular Hbond substituents is 2. The van der Waals surface area contributed by atoms with Crippen molar-refractivity contribution in [2.24, 2.45) is 5.18 Å². The van der Waals surface area contributed by atoms with Gasteiger partial charge in [0.2, 0.25) is 0 Å². The fraction of sp³-hybridized carbons (Fsp3) is 0.679. The predicted octanol–water partition coefficient (Wildman–Crippen LogP) is 10.8. The van der Waals surface area contributed by atoms with E-state index < -0.39 is 5.41 Å². The minimum Gasteiger partial charge on any atom is -0.507 e. The van der Waals surface area contributed by atoms with Crippen molar-refractivity contribution in [1.29, 1.82) is 0 Å². The molecule has 0 atom stereocenters. The third-order valence-electron chi connectivity index (χ3n) is 16.7. The van der Waals surface area contributed by atoms with E-state index in [0.29, 0.717) is 30.3 Å². The van der Waals surface area contributed by atoms with E-state index in [1.807, 2.05) is 0 Å². The second-order valence-corrected chi connectivity index (χ2v) is 21.7. The van der Waals surface area contributed by atoms with Gasteiger partial charge in [0.15, 0.2) is 0 Å². The molecule has 9 rings (SSSR count). The van der Waals surface area contributed by atoms with Crippen molar-refractivity contribution in [3.63, 3.8) is 0 Å². The molecule has 0 saturated carbocycles. The van der Waals surface area contributed by atoms with E-state index in [-0.39, 0.29) is 0 Å². The Morgan fingerprint density at radius 2 is 0.561 bits per heavy atom. The molecule has 6 heterocycles. The first kappa shape index (κ1) is 47.7. The molecule has 10 heteroatoms. The Morgan fingerprint density at radius 3 is 0.773 bits per heavy atom. The van der Waals surface area contributed by atoms with Gasteiger partial charge in [0.1, 0.15) is 17.2 Å². The van der Waals surface area contributed by atoms with Crippen molar-refractivity contribution in [1.82, 2.24) is 29.4 Å². The molecule has 0 bridgehead atoms. The molecule has 360 valence electrons. The van der Waals surface area contributed by atoms with Gasteiger partial charge >= 0.3 is 0 Å². The Balaban J connectivity index is 1.26. The van der Waals surface area contributed by atoms with Gasteiger partial charge in [-0.1, -0.05) is 50.7 Å². The average Bonchev–Trinajstić information content (AvgIpc) is 3.35. The summed E-state index contributed by atoms with van der Waals surface area (Å²) < 4.78 is 0. The maximum Gasteiger partial charge on any atom is 0.124 e. The van der Waals surface area contributed by atoms with Crippen molar-refractivity contribution >= 4 is 5.69 Å². The maximum absolute atomic E-state index is 13.3. The van der Waals surface area contributed by atoms with Gasteiger partial charge in [0, 0.05) is 66.9 Å². The first-order valence-electron chi connectivity index (χ1n) is 26.9. The summed E-state index contributed by atoms with van der Waals surface area (Å²) in [6.07, 6.45) is 21.9. The van der Waals surface area contributed by atoms with Crippen LogP contribution in [0, 0.1) is 4.91 Å². The maximum atomic E-state index is 13.3. The zero-order chi connectivity index (χ0) is 45.3. The van der Waals surface area contributed by atoms with Crippen molar-refractivity contribution in [3.8, 4) is 11.5 Å². The van der Waals surface area contributed by atoms with Crippen molar-refractivity contribution in [3.05, 3.63) is 91.4 Å². The monoisotopic (exact) mass is 902 g/mol. The molecule has 6 aliphatic rings. The van der Waals surface area contributed by atoms with Gasteiger partial charge in [-0.2, -0.15) is 0 Å². The summed E-state index contributed by atoms with van der Waals surface area (Å²) in [6, 6.07) is 14.1. The van der Waals surface area contributed by atoms with Gasteiger partial charge in [0.05, 0.1) is 0 Å². The Hall–Kier alpha value is -3.38. The number of benzene rings is 3. The number of nitroso groups, excluding NO2 is 1. The van der Waals surface area contributed by atoms with Gasteiger partial charge < -0.3 is 10.2 Å². The molecule has 0 unspecified atom stereocenters. The summed E-state index contributed by atoms with van der Waals surface area (Å²) in [5.41, 5.74) is 9.58. The third-order valence-corrected chi connectivity index (χ3v) is 16.7. The van der Waals surface area contributed by atoms with E-state index >= 15 is 0 Å². The molecule has 66 heavy (non-hydrogen) atoms. The molecule has 6 aliphatic heterocycles. The molecule has 0 radical (unpaired) electrons. The molecule has 0 aromatic heterocycles. The smallest absolute Gasteiger partial charge is 0.124 e. The van der Waals surface area contributed by atoms with E-state index in [1.54, 1.807) is 0 Å². The lowest BCUT2D eigenvalue weighted by Crippen LogP contribution is -2.33. The zero-order valence-electron chi connectivity index (χ0n) is 40.9. The number of hydrogen-bond acceptors (Lipinski definition) is 10. The fourth-order valence-electron chi connectivity index (χ4n) is 12.6. The summed E-state index contributed by atoms with van der Waals surface area (Å²) in [7, 11) is 0. The largest absolute Gasteiger partial charge is 0.507 e. The van der Waals surface area contributed by atoms with E-state index in [2.05, 4.69) is 77.9 Å². The normalized spacial score (nSPS) is 21.9. The number of nitrogens with zero attached hydrogens (tertiary/aromatic N) is 7. The Kier molecular flexibility index (Phi) is 16.5. The second-order valence-electron chi connectivity index (χ2n) is 21.7. The first-order valence-corrected chi connectivity index (χ1v) is 26.9. The predicted molar refractivity (Wildman–Crippen MR) is 268 cm³/mol. The van der Waals surface area contributed by atoms with Gasteiger partial charge in [-0.15, -0.1) is 4.91 Å². The van der Waals surface area contributed by atoms with Crippen LogP contribution in [0.15, 0.2) is 41.6 Å². The molecular weight excluding hydrogens is 819 g/mol. The number of phenols is 2. The third kappa shape index (κ3) is 11.5.